The lowest BCUT2D eigenvalue weighted by Gasteiger charge is -2.28. The SMILES string of the molecule is COc1ccc(NC(=O)[C@H](OC(=O)C2c3ccccc3Oc3ccccc32)c2ccccc2)cc1Cl. The average Bonchev–Trinajstić information content (AvgIpc) is 2.90. The van der Waals surface area contributed by atoms with Crippen LogP contribution in [0.15, 0.2) is 97.1 Å². The maximum Gasteiger partial charge on any atom is 0.319 e. The standard InChI is InChI=1S/C29H22ClNO5/c1-34-25-16-15-19(17-22(25)30)31-28(32)27(18-9-3-2-4-10-18)36-29(33)26-20-11-5-7-13-23(20)35-24-14-8-6-12-21(24)26/h2-17,26-27H,1H3,(H,31,32)/t27-/m1/s1. The zero-order chi connectivity index (χ0) is 25.1. The number of ether oxygens (including phenoxy) is 3. The molecule has 0 aromatic heterocycles. The number of rotatable bonds is 6. The Balaban J connectivity index is 1.47. The van der Waals surface area contributed by atoms with E-state index in [1.54, 1.807) is 54.6 Å². The summed E-state index contributed by atoms with van der Waals surface area (Å²) in [5.74, 6) is -0.184. The first-order valence-electron chi connectivity index (χ1n) is 11.3. The first kappa shape index (κ1) is 23.5. The second kappa shape index (κ2) is 10.1. The van der Waals surface area contributed by atoms with Crippen LogP contribution < -0.4 is 14.8 Å². The molecule has 0 unspecified atom stereocenters. The van der Waals surface area contributed by atoms with E-state index in [0.717, 1.165) is 0 Å². The van der Waals surface area contributed by atoms with Crippen LogP contribution in [-0.4, -0.2) is 19.0 Å². The van der Waals surface area contributed by atoms with Crippen molar-refractivity contribution >= 4 is 29.2 Å². The van der Waals surface area contributed by atoms with E-state index in [1.165, 1.54) is 7.11 Å². The van der Waals surface area contributed by atoms with Gasteiger partial charge in [0.1, 0.15) is 23.2 Å². The highest BCUT2D eigenvalue weighted by molar-refractivity contribution is 6.32. The highest BCUT2D eigenvalue weighted by atomic mass is 35.5. The highest BCUT2D eigenvalue weighted by Gasteiger charge is 2.36. The minimum atomic E-state index is -1.19. The molecule has 0 fully saturated rings. The first-order valence-corrected chi connectivity index (χ1v) is 11.7. The third-order valence-electron chi connectivity index (χ3n) is 5.91. The topological polar surface area (TPSA) is 73.9 Å². The van der Waals surface area contributed by atoms with E-state index in [2.05, 4.69) is 5.32 Å². The van der Waals surface area contributed by atoms with E-state index in [4.69, 9.17) is 25.8 Å². The Morgan fingerprint density at radius 3 is 2.08 bits per heavy atom. The van der Waals surface area contributed by atoms with Crippen molar-refractivity contribution in [3.8, 4) is 17.2 Å². The lowest BCUT2D eigenvalue weighted by molar-refractivity contribution is -0.155. The van der Waals surface area contributed by atoms with E-state index in [9.17, 15) is 9.59 Å². The first-order chi connectivity index (χ1) is 17.5. The van der Waals surface area contributed by atoms with E-state index >= 15 is 0 Å². The van der Waals surface area contributed by atoms with Crippen LogP contribution in [-0.2, 0) is 14.3 Å². The maximum absolute atomic E-state index is 13.7. The van der Waals surface area contributed by atoms with Crippen LogP contribution in [0.1, 0.15) is 28.7 Å². The van der Waals surface area contributed by atoms with Gasteiger partial charge in [-0.15, -0.1) is 0 Å². The normalized spacial score (nSPS) is 12.9. The number of halogens is 1. The fourth-order valence-corrected chi connectivity index (χ4v) is 4.46. The number of hydrogen-bond acceptors (Lipinski definition) is 5. The number of amides is 1. The summed E-state index contributed by atoms with van der Waals surface area (Å²) in [7, 11) is 1.51. The Bertz CT molecular complexity index is 1380. The summed E-state index contributed by atoms with van der Waals surface area (Å²) < 4.78 is 17.1. The van der Waals surface area contributed by atoms with Crippen molar-refractivity contribution in [2.45, 2.75) is 12.0 Å². The van der Waals surface area contributed by atoms with Crippen molar-refractivity contribution in [2.24, 2.45) is 0 Å². The molecule has 36 heavy (non-hydrogen) atoms. The monoisotopic (exact) mass is 499 g/mol. The maximum atomic E-state index is 13.7. The second-order valence-corrected chi connectivity index (χ2v) is 8.58. The van der Waals surface area contributed by atoms with Gasteiger partial charge in [0.15, 0.2) is 0 Å². The lowest BCUT2D eigenvalue weighted by Crippen LogP contribution is -2.29. The third-order valence-corrected chi connectivity index (χ3v) is 6.20. The van der Waals surface area contributed by atoms with Gasteiger partial charge >= 0.3 is 5.97 Å². The molecule has 5 rings (SSSR count). The number of benzene rings is 4. The number of methoxy groups -OCH3 is 1. The van der Waals surface area contributed by atoms with E-state index in [1.807, 2.05) is 42.5 Å². The molecule has 0 spiro atoms. The molecule has 0 saturated heterocycles. The van der Waals surface area contributed by atoms with Crippen LogP contribution >= 0.6 is 11.6 Å². The van der Waals surface area contributed by atoms with Gasteiger partial charge < -0.3 is 19.5 Å². The van der Waals surface area contributed by atoms with Crippen molar-refractivity contribution in [1.29, 1.82) is 0 Å². The molecule has 180 valence electrons. The van der Waals surface area contributed by atoms with Gasteiger partial charge in [-0.1, -0.05) is 78.3 Å². The Kier molecular flexibility index (Phi) is 6.60. The fourth-order valence-electron chi connectivity index (χ4n) is 4.20. The number of nitrogens with one attached hydrogen (secondary N) is 1. The smallest absolute Gasteiger partial charge is 0.319 e. The van der Waals surface area contributed by atoms with Gasteiger partial charge in [0.25, 0.3) is 5.91 Å². The van der Waals surface area contributed by atoms with Gasteiger partial charge in [0, 0.05) is 22.4 Å². The minimum absolute atomic E-state index is 0.346. The van der Waals surface area contributed by atoms with Crippen molar-refractivity contribution in [2.75, 3.05) is 12.4 Å². The van der Waals surface area contributed by atoms with Gasteiger partial charge in [0.05, 0.1) is 12.1 Å². The molecule has 1 aliphatic heterocycles. The number of esters is 1. The van der Waals surface area contributed by atoms with Crippen molar-refractivity contribution < 1.29 is 23.8 Å². The summed E-state index contributed by atoms with van der Waals surface area (Å²) >= 11 is 6.22. The van der Waals surface area contributed by atoms with E-state index in [0.29, 0.717) is 44.6 Å². The molecule has 6 nitrogen and oxygen atoms in total. The number of hydrogen-bond donors (Lipinski definition) is 1. The molecule has 1 heterocycles. The second-order valence-electron chi connectivity index (χ2n) is 8.18. The van der Waals surface area contributed by atoms with Crippen LogP contribution in [0, 0.1) is 0 Å². The summed E-state index contributed by atoms with van der Waals surface area (Å²) in [6.07, 6.45) is -1.19. The number of fused-ring (bicyclic) bond motifs is 2. The summed E-state index contributed by atoms with van der Waals surface area (Å²) in [5.41, 5.74) is 2.34. The molecule has 7 heteroatoms. The van der Waals surface area contributed by atoms with Crippen LogP contribution in [0.5, 0.6) is 17.2 Å². The Morgan fingerprint density at radius 2 is 1.47 bits per heavy atom. The Hall–Kier alpha value is -4.29. The summed E-state index contributed by atoms with van der Waals surface area (Å²) in [6, 6.07) is 28.4. The van der Waals surface area contributed by atoms with Crippen LogP contribution in [0.4, 0.5) is 5.69 Å². The lowest BCUT2D eigenvalue weighted by atomic mass is 9.88. The molecule has 0 bridgehead atoms. The third kappa shape index (κ3) is 4.63. The highest BCUT2D eigenvalue weighted by Crippen LogP contribution is 2.45. The minimum Gasteiger partial charge on any atom is -0.495 e. The predicted octanol–water partition coefficient (Wildman–Crippen LogP) is 6.51. The van der Waals surface area contributed by atoms with Gasteiger partial charge in [-0.3, -0.25) is 9.59 Å². The predicted molar refractivity (Wildman–Crippen MR) is 137 cm³/mol. The average molecular weight is 500 g/mol. The fraction of sp³-hybridized carbons (Fsp3) is 0.103. The van der Waals surface area contributed by atoms with Crippen molar-refractivity contribution in [1.82, 2.24) is 0 Å². The number of anilines is 1. The molecular formula is C29H22ClNO5. The molecule has 1 amide bonds. The van der Waals surface area contributed by atoms with Gasteiger partial charge in [-0.25, -0.2) is 0 Å². The molecule has 4 aromatic carbocycles. The summed E-state index contributed by atoms with van der Waals surface area (Å²) in [4.78, 5) is 27.1. The molecule has 1 N–H and O–H groups in total. The summed E-state index contributed by atoms with van der Waals surface area (Å²) in [6.45, 7) is 0. The Morgan fingerprint density at radius 1 is 0.861 bits per heavy atom. The molecule has 0 radical (unpaired) electrons. The Labute approximate surface area is 213 Å². The molecule has 1 aliphatic rings. The zero-order valence-corrected chi connectivity index (χ0v) is 20.1. The van der Waals surface area contributed by atoms with Gasteiger partial charge in [-0.05, 0) is 30.3 Å². The van der Waals surface area contributed by atoms with Gasteiger partial charge in [0.2, 0.25) is 6.10 Å². The van der Waals surface area contributed by atoms with Gasteiger partial charge in [-0.2, -0.15) is 0 Å². The summed E-state index contributed by atoms with van der Waals surface area (Å²) in [5, 5.41) is 3.14. The zero-order valence-electron chi connectivity index (χ0n) is 19.3. The van der Waals surface area contributed by atoms with Crippen LogP contribution in [0.2, 0.25) is 5.02 Å². The van der Waals surface area contributed by atoms with Crippen LogP contribution in [0.25, 0.3) is 0 Å². The molecule has 1 atom stereocenters. The van der Waals surface area contributed by atoms with Crippen molar-refractivity contribution in [3.63, 3.8) is 0 Å². The van der Waals surface area contributed by atoms with Crippen LogP contribution in [0.3, 0.4) is 0 Å². The number of carbonyl (C=O) groups excluding carboxylic acids is 2. The molecule has 0 aliphatic carbocycles. The van der Waals surface area contributed by atoms with E-state index in [-0.39, 0.29) is 0 Å². The largest absolute Gasteiger partial charge is 0.495 e. The molecule has 4 aromatic rings. The van der Waals surface area contributed by atoms with Crippen molar-refractivity contribution in [3.05, 3.63) is 119 Å². The quantitative estimate of drug-likeness (QED) is 0.306. The molecule has 0 saturated carbocycles. The number of para-hydroxylation sites is 2. The van der Waals surface area contributed by atoms with E-state index < -0.39 is 23.9 Å². The number of carbonyl (C=O) groups is 2. The molecular weight excluding hydrogens is 478 g/mol.